The predicted molar refractivity (Wildman–Crippen MR) is 168 cm³/mol. The molecule has 4 heterocycles. The Labute approximate surface area is 271 Å². The Hall–Kier alpha value is -5.00. The van der Waals surface area contributed by atoms with Crippen LogP contribution in [0.5, 0.6) is 0 Å². The van der Waals surface area contributed by atoms with Gasteiger partial charge in [-0.15, -0.1) is 0 Å². The van der Waals surface area contributed by atoms with Gasteiger partial charge < -0.3 is 5.32 Å². The Morgan fingerprint density at radius 3 is 1.66 bits per heavy atom. The molecule has 4 aliphatic heterocycles. The maximum Gasteiger partial charge on any atom is 0.262 e. The number of nitrogens with zero attached hydrogens (tertiary/aromatic N) is 2. The normalized spacial score (nSPS) is 21.3. The van der Waals surface area contributed by atoms with E-state index >= 15 is 0 Å². The molecule has 6 rings (SSSR count). The molecular weight excluding hydrogens is 607 g/mol. The Bertz CT molecular complexity index is 1800. The Morgan fingerprint density at radius 2 is 1.15 bits per heavy atom. The number of amides is 7. The lowest BCUT2D eigenvalue weighted by Gasteiger charge is -2.29. The molecule has 0 radical (unpaired) electrons. The van der Waals surface area contributed by atoms with Gasteiger partial charge in [-0.25, -0.2) is 4.39 Å². The van der Waals surface area contributed by atoms with Gasteiger partial charge in [0.1, 0.15) is 17.9 Å². The fourth-order valence-electron chi connectivity index (χ4n) is 6.08. The minimum absolute atomic E-state index is 0.0164. The van der Waals surface area contributed by atoms with E-state index in [1.165, 1.54) is 6.07 Å². The third-order valence-corrected chi connectivity index (χ3v) is 8.75. The van der Waals surface area contributed by atoms with Crippen molar-refractivity contribution >= 4 is 41.4 Å². The summed E-state index contributed by atoms with van der Waals surface area (Å²) in [5.74, 6) is -4.03. The largest absolute Gasteiger partial charge is 0.329 e. The van der Waals surface area contributed by atoms with Crippen LogP contribution in [-0.4, -0.2) is 63.2 Å². The third kappa shape index (κ3) is 5.99. The van der Waals surface area contributed by atoms with Crippen LogP contribution < -0.4 is 10.6 Å². The fraction of sp³-hybridized carbons (Fsp3) is 0.400. The number of fused-ring (bicyclic) bond motifs is 2. The highest BCUT2D eigenvalue weighted by Gasteiger charge is 2.46. The van der Waals surface area contributed by atoms with Crippen molar-refractivity contribution in [1.29, 1.82) is 0 Å². The number of benzene rings is 2. The van der Waals surface area contributed by atoms with Crippen LogP contribution in [0.3, 0.4) is 0 Å². The van der Waals surface area contributed by atoms with Crippen LogP contribution >= 0.6 is 0 Å². The van der Waals surface area contributed by atoms with Crippen molar-refractivity contribution < 1.29 is 38.0 Å². The zero-order chi connectivity index (χ0) is 34.7. The maximum atomic E-state index is 14.4. The molecule has 0 aromatic heterocycles. The lowest BCUT2D eigenvalue weighted by atomic mass is 9.85. The van der Waals surface area contributed by atoms with Crippen molar-refractivity contribution in [2.45, 2.75) is 90.1 Å². The molecule has 11 nitrogen and oxygen atoms in total. The van der Waals surface area contributed by atoms with E-state index in [-0.39, 0.29) is 35.3 Å². The summed E-state index contributed by atoms with van der Waals surface area (Å²) in [7, 11) is 0. The second-order valence-corrected chi connectivity index (χ2v) is 14.2. The van der Waals surface area contributed by atoms with Crippen molar-refractivity contribution in [3.05, 3.63) is 81.8 Å². The predicted octanol–water partition coefficient (Wildman–Crippen LogP) is 3.90. The Balaban J connectivity index is 0.000000185. The first-order valence-corrected chi connectivity index (χ1v) is 15.4. The third-order valence-electron chi connectivity index (χ3n) is 8.75. The number of imide groups is 3. The van der Waals surface area contributed by atoms with Gasteiger partial charge in [0.25, 0.3) is 23.6 Å². The zero-order valence-corrected chi connectivity index (χ0v) is 27.2. The van der Waals surface area contributed by atoms with Gasteiger partial charge in [0.15, 0.2) is 0 Å². The molecule has 2 fully saturated rings. The number of piperidine rings is 2. The van der Waals surface area contributed by atoms with E-state index in [2.05, 4.69) is 17.2 Å². The van der Waals surface area contributed by atoms with E-state index in [1.54, 1.807) is 12.1 Å². The van der Waals surface area contributed by atoms with E-state index in [9.17, 15) is 38.0 Å². The summed E-state index contributed by atoms with van der Waals surface area (Å²) in [6.45, 7) is 15.2. The highest BCUT2D eigenvalue weighted by Crippen LogP contribution is 2.34. The molecule has 0 aliphatic carbocycles. The van der Waals surface area contributed by atoms with Crippen molar-refractivity contribution in [2.75, 3.05) is 0 Å². The lowest BCUT2D eigenvalue weighted by molar-refractivity contribution is -0.136. The number of carbonyl (C=O) groups is 7. The molecule has 2 saturated heterocycles. The first-order chi connectivity index (χ1) is 21.8. The molecule has 2 aromatic carbocycles. The Morgan fingerprint density at radius 1 is 0.660 bits per heavy atom. The molecule has 2 atom stereocenters. The van der Waals surface area contributed by atoms with Crippen LogP contribution in [0, 0.1) is 5.82 Å². The maximum absolute atomic E-state index is 14.4. The van der Waals surface area contributed by atoms with Gasteiger partial charge in [-0.3, -0.25) is 48.7 Å². The molecule has 47 heavy (non-hydrogen) atoms. The topological polar surface area (TPSA) is 150 Å². The van der Waals surface area contributed by atoms with E-state index in [4.69, 9.17) is 0 Å². The number of hydrogen-bond acceptors (Lipinski definition) is 7. The smallest absolute Gasteiger partial charge is 0.262 e. The van der Waals surface area contributed by atoms with Gasteiger partial charge in [-0.1, -0.05) is 54.2 Å². The van der Waals surface area contributed by atoms with Gasteiger partial charge >= 0.3 is 0 Å². The average molecular weight is 645 g/mol. The van der Waals surface area contributed by atoms with Gasteiger partial charge in [0.05, 0.1) is 22.3 Å². The zero-order valence-electron chi connectivity index (χ0n) is 27.2. The van der Waals surface area contributed by atoms with E-state index in [0.29, 0.717) is 35.2 Å². The summed E-state index contributed by atoms with van der Waals surface area (Å²) in [5.41, 5.74) is 2.03. The molecular formula is C35H37FN4O7. The summed E-state index contributed by atoms with van der Waals surface area (Å²) in [6, 6.07) is 5.93. The van der Waals surface area contributed by atoms with Crippen molar-refractivity contribution in [3.8, 4) is 0 Å². The van der Waals surface area contributed by atoms with Gasteiger partial charge in [0, 0.05) is 12.1 Å². The summed E-state index contributed by atoms with van der Waals surface area (Å²) in [5, 5.41) is 4.75. The van der Waals surface area contributed by atoms with Crippen molar-refractivity contribution in [1.82, 2.24) is 20.4 Å². The quantitative estimate of drug-likeness (QED) is 0.471. The first kappa shape index (κ1) is 33.4. The Kier molecular flexibility index (Phi) is 8.28. The average Bonchev–Trinajstić information content (AvgIpc) is 3.35. The molecule has 7 amide bonds. The molecule has 2 N–H and O–H groups in total. The monoisotopic (exact) mass is 644 g/mol. The number of allylic oxidation sites excluding steroid dienone is 1. The van der Waals surface area contributed by atoms with Crippen LogP contribution in [-0.2, 0) is 25.2 Å². The summed E-state index contributed by atoms with van der Waals surface area (Å²) in [6.07, 6.45) is 1.11. The SMILES string of the molecule is C=C1CCC(N2C(=O)c3cc(F)c(C(C)(C)C)cc3C2=O)C(=O)N1.CC(C)(C)c1ccc2c(c1)C(=O)N(C1CCC(=O)NC1=O)C2=O. The van der Waals surface area contributed by atoms with Gasteiger partial charge in [-0.2, -0.15) is 0 Å². The second-order valence-electron chi connectivity index (χ2n) is 14.2. The molecule has 0 spiro atoms. The summed E-state index contributed by atoms with van der Waals surface area (Å²) in [4.78, 5) is 87.8. The van der Waals surface area contributed by atoms with Gasteiger partial charge in [0.2, 0.25) is 17.7 Å². The number of halogens is 1. The second kappa shape index (κ2) is 11.7. The van der Waals surface area contributed by atoms with Crippen LogP contribution in [0.25, 0.3) is 0 Å². The minimum Gasteiger partial charge on any atom is -0.329 e. The summed E-state index contributed by atoms with van der Waals surface area (Å²) >= 11 is 0. The number of carbonyl (C=O) groups excluding carboxylic acids is 7. The van der Waals surface area contributed by atoms with Crippen LogP contribution in [0.2, 0.25) is 0 Å². The minimum atomic E-state index is -0.918. The lowest BCUT2D eigenvalue weighted by Crippen LogP contribution is -2.54. The van der Waals surface area contributed by atoms with E-state index < -0.39 is 58.8 Å². The molecule has 246 valence electrons. The molecule has 0 bridgehead atoms. The molecule has 4 aliphatic rings. The highest BCUT2D eigenvalue weighted by atomic mass is 19.1. The van der Waals surface area contributed by atoms with Gasteiger partial charge in [-0.05, 0) is 65.5 Å². The van der Waals surface area contributed by atoms with Crippen LogP contribution in [0.15, 0.2) is 42.6 Å². The first-order valence-electron chi connectivity index (χ1n) is 15.4. The van der Waals surface area contributed by atoms with Crippen LogP contribution in [0.1, 0.15) is 120 Å². The highest BCUT2D eigenvalue weighted by molar-refractivity contribution is 6.24. The molecule has 12 heteroatoms. The molecule has 2 unspecified atom stereocenters. The van der Waals surface area contributed by atoms with E-state index in [1.807, 2.05) is 47.6 Å². The molecule has 0 saturated carbocycles. The summed E-state index contributed by atoms with van der Waals surface area (Å²) < 4.78 is 14.4. The number of hydrogen-bond donors (Lipinski definition) is 2. The number of nitrogens with one attached hydrogen (secondary N) is 2. The van der Waals surface area contributed by atoms with Crippen molar-refractivity contribution in [3.63, 3.8) is 0 Å². The standard InChI is InChI=1S/C18H19FN2O3.C17H18N2O4/c1-9-5-6-14(15(22)20-9)21-16(23)10-7-12(18(2,3)4)13(19)8-11(10)17(21)24;1-17(2,3)9-4-5-10-11(8-9)16(23)19(15(10)22)12-6-7-13(20)18-14(12)21/h7-8,14H,1,5-6H2,2-4H3,(H,20,22);4-5,8,12H,6-7H2,1-3H3,(H,18,20,21). The van der Waals surface area contributed by atoms with E-state index in [0.717, 1.165) is 21.4 Å². The van der Waals surface area contributed by atoms with Crippen LogP contribution in [0.4, 0.5) is 4.39 Å². The number of rotatable bonds is 2. The van der Waals surface area contributed by atoms with Crippen molar-refractivity contribution in [2.24, 2.45) is 0 Å². The molecule has 2 aromatic rings. The fourth-order valence-corrected chi connectivity index (χ4v) is 6.08.